The first-order valence-corrected chi connectivity index (χ1v) is 15.7. The van der Waals surface area contributed by atoms with E-state index in [4.69, 9.17) is 9.47 Å². The van der Waals surface area contributed by atoms with Gasteiger partial charge >= 0.3 is 5.97 Å². The number of esters is 1. The minimum atomic E-state index is -3.64. The molecule has 0 aliphatic carbocycles. The molecule has 0 bridgehead atoms. The van der Waals surface area contributed by atoms with Crippen LogP contribution in [0.15, 0.2) is 53.4 Å². The summed E-state index contributed by atoms with van der Waals surface area (Å²) in [5.74, 6) is 0.820. The van der Waals surface area contributed by atoms with Crippen LogP contribution in [0.1, 0.15) is 44.6 Å². The summed E-state index contributed by atoms with van der Waals surface area (Å²) in [6.07, 6.45) is 3.66. The van der Waals surface area contributed by atoms with Crippen molar-refractivity contribution in [2.75, 3.05) is 57.9 Å². The van der Waals surface area contributed by atoms with Gasteiger partial charge in [0.2, 0.25) is 15.9 Å². The topological polar surface area (TPSA) is 96.5 Å². The van der Waals surface area contributed by atoms with Crippen molar-refractivity contribution < 1.29 is 27.5 Å². The molecular formula is C30H41N3O6S. The van der Waals surface area contributed by atoms with Gasteiger partial charge < -0.3 is 19.3 Å². The fourth-order valence-corrected chi connectivity index (χ4v) is 6.99. The maximum Gasteiger partial charge on any atom is 0.305 e. The second-order valence-corrected chi connectivity index (χ2v) is 12.3. The first-order valence-electron chi connectivity index (χ1n) is 14.2. The Labute approximate surface area is 238 Å². The molecule has 40 heavy (non-hydrogen) atoms. The average molecular weight is 572 g/mol. The van der Waals surface area contributed by atoms with E-state index in [0.717, 1.165) is 24.9 Å². The summed E-state index contributed by atoms with van der Waals surface area (Å²) in [5, 5.41) is 0. The molecule has 10 heteroatoms. The van der Waals surface area contributed by atoms with Crippen LogP contribution >= 0.6 is 0 Å². The lowest BCUT2D eigenvalue weighted by Crippen LogP contribution is -2.49. The van der Waals surface area contributed by atoms with Gasteiger partial charge in [-0.2, -0.15) is 4.31 Å². The van der Waals surface area contributed by atoms with Crippen LogP contribution in [0.3, 0.4) is 0 Å². The maximum atomic E-state index is 13.6. The van der Waals surface area contributed by atoms with Crippen LogP contribution < -0.4 is 9.64 Å². The number of ether oxygens (including phenoxy) is 2. The van der Waals surface area contributed by atoms with E-state index in [1.54, 1.807) is 41.4 Å². The van der Waals surface area contributed by atoms with E-state index in [0.29, 0.717) is 70.4 Å². The van der Waals surface area contributed by atoms with Crippen LogP contribution in [0.4, 0.5) is 5.69 Å². The summed E-state index contributed by atoms with van der Waals surface area (Å²) >= 11 is 0. The molecule has 0 N–H and O–H groups in total. The molecule has 2 saturated heterocycles. The Hall–Kier alpha value is -3.11. The zero-order chi connectivity index (χ0) is 28.5. The molecule has 2 aliphatic heterocycles. The number of nitrogens with zero attached hydrogens (tertiary/aromatic N) is 3. The summed E-state index contributed by atoms with van der Waals surface area (Å²) in [6, 6.07) is 15.4. The first kappa shape index (κ1) is 29.9. The predicted octanol–water partition coefficient (Wildman–Crippen LogP) is 3.72. The molecule has 0 saturated carbocycles. The molecule has 2 heterocycles. The Kier molecular flexibility index (Phi) is 10.4. The molecule has 9 nitrogen and oxygen atoms in total. The number of carbonyl (C=O) groups excluding carboxylic acids is 2. The number of sulfonamides is 1. The van der Waals surface area contributed by atoms with E-state index in [1.165, 1.54) is 5.56 Å². The van der Waals surface area contributed by atoms with Gasteiger partial charge in [0.05, 0.1) is 24.3 Å². The molecule has 2 fully saturated rings. The number of carbonyl (C=O) groups is 2. The number of anilines is 1. The van der Waals surface area contributed by atoms with Crippen molar-refractivity contribution >= 4 is 27.6 Å². The molecular weight excluding hydrogens is 530 g/mol. The van der Waals surface area contributed by atoms with Crippen molar-refractivity contribution in [3.8, 4) is 5.75 Å². The van der Waals surface area contributed by atoms with Gasteiger partial charge in [0.1, 0.15) is 5.75 Å². The summed E-state index contributed by atoms with van der Waals surface area (Å²) < 4.78 is 39.3. The van der Waals surface area contributed by atoms with E-state index in [1.807, 2.05) is 18.2 Å². The third-order valence-electron chi connectivity index (χ3n) is 7.78. The van der Waals surface area contributed by atoms with Gasteiger partial charge in [-0.25, -0.2) is 8.42 Å². The molecule has 4 rings (SSSR count). The normalized spacial score (nSPS) is 17.1. The van der Waals surface area contributed by atoms with Gasteiger partial charge in [-0.1, -0.05) is 30.3 Å². The summed E-state index contributed by atoms with van der Waals surface area (Å²) in [5.41, 5.74) is 2.01. The Morgan fingerprint density at radius 1 is 0.925 bits per heavy atom. The van der Waals surface area contributed by atoms with Crippen molar-refractivity contribution in [2.45, 2.75) is 50.3 Å². The molecule has 1 amide bonds. The number of rotatable bonds is 11. The minimum Gasteiger partial charge on any atom is -0.495 e. The van der Waals surface area contributed by atoms with Crippen molar-refractivity contribution in [1.82, 2.24) is 9.21 Å². The molecule has 0 unspecified atom stereocenters. The van der Waals surface area contributed by atoms with Crippen LogP contribution in [0.2, 0.25) is 0 Å². The van der Waals surface area contributed by atoms with Gasteiger partial charge in [0, 0.05) is 52.1 Å². The number of benzene rings is 2. The highest BCUT2D eigenvalue weighted by molar-refractivity contribution is 7.89. The fraction of sp³-hybridized carbons (Fsp3) is 0.533. The lowest BCUT2D eigenvalue weighted by atomic mass is 9.91. The quantitative estimate of drug-likeness (QED) is 0.379. The van der Waals surface area contributed by atoms with Gasteiger partial charge in [0.15, 0.2) is 0 Å². The second kappa shape index (κ2) is 14.0. The minimum absolute atomic E-state index is 0.0166. The summed E-state index contributed by atoms with van der Waals surface area (Å²) in [6.45, 7) is 5.30. The van der Waals surface area contributed by atoms with Crippen LogP contribution in [0.5, 0.6) is 5.75 Å². The Balaban J connectivity index is 1.35. The number of piperidine rings is 1. The van der Waals surface area contributed by atoms with Gasteiger partial charge in [-0.3, -0.25) is 9.59 Å². The van der Waals surface area contributed by atoms with Crippen LogP contribution in [0.25, 0.3) is 0 Å². The lowest BCUT2D eigenvalue weighted by Gasteiger charge is -2.37. The van der Waals surface area contributed by atoms with E-state index < -0.39 is 10.0 Å². The number of piperazine rings is 1. The second-order valence-electron chi connectivity index (χ2n) is 10.4. The van der Waals surface area contributed by atoms with Gasteiger partial charge in [0.25, 0.3) is 0 Å². The van der Waals surface area contributed by atoms with Crippen LogP contribution in [-0.4, -0.2) is 82.5 Å². The summed E-state index contributed by atoms with van der Waals surface area (Å²) in [4.78, 5) is 28.3. The molecule has 0 atom stereocenters. The Morgan fingerprint density at radius 3 is 2.27 bits per heavy atom. The zero-order valence-corrected chi connectivity index (χ0v) is 24.4. The Bertz CT molecular complexity index is 1240. The monoisotopic (exact) mass is 571 g/mol. The molecule has 2 aromatic rings. The third-order valence-corrected chi connectivity index (χ3v) is 9.67. The largest absolute Gasteiger partial charge is 0.495 e. The predicted molar refractivity (Wildman–Crippen MR) is 154 cm³/mol. The van der Waals surface area contributed by atoms with Gasteiger partial charge in [-0.15, -0.1) is 0 Å². The lowest BCUT2D eigenvalue weighted by molar-refractivity contribution is -0.143. The van der Waals surface area contributed by atoms with Crippen molar-refractivity contribution in [2.24, 2.45) is 5.92 Å². The highest BCUT2D eigenvalue weighted by atomic mass is 32.2. The fourth-order valence-electron chi connectivity index (χ4n) is 5.50. The summed E-state index contributed by atoms with van der Waals surface area (Å²) in [7, 11) is -2.06. The highest BCUT2D eigenvalue weighted by Crippen LogP contribution is 2.34. The standard InChI is InChI=1S/C30H41N3O6S/c1-3-39-30(35)11-7-10-29(34)32-20-18-31(19-21-32)27-23-26(12-13-28(27)38-2)40(36,37)33-16-14-25(15-17-33)22-24-8-5-4-6-9-24/h4-6,8-9,12-13,23,25H,3,7,10-11,14-22H2,1-2H3. The molecule has 2 aromatic carbocycles. The number of methoxy groups -OCH3 is 1. The van der Waals surface area contributed by atoms with Gasteiger partial charge in [-0.05, 0) is 62.3 Å². The zero-order valence-electron chi connectivity index (χ0n) is 23.6. The average Bonchev–Trinajstić information content (AvgIpc) is 2.98. The highest BCUT2D eigenvalue weighted by Gasteiger charge is 2.31. The smallest absolute Gasteiger partial charge is 0.305 e. The molecule has 0 radical (unpaired) electrons. The van der Waals surface area contributed by atoms with Crippen molar-refractivity contribution in [3.05, 3.63) is 54.1 Å². The van der Waals surface area contributed by atoms with Crippen molar-refractivity contribution in [1.29, 1.82) is 0 Å². The molecule has 0 aromatic heterocycles. The number of amides is 1. The molecule has 0 spiro atoms. The van der Waals surface area contributed by atoms with Crippen LogP contribution in [0, 0.1) is 5.92 Å². The van der Waals surface area contributed by atoms with E-state index >= 15 is 0 Å². The molecule has 218 valence electrons. The first-order chi connectivity index (χ1) is 19.3. The van der Waals surface area contributed by atoms with E-state index in [9.17, 15) is 18.0 Å². The van der Waals surface area contributed by atoms with E-state index in [-0.39, 0.29) is 23.2 Å². The number of hydrogen-bond acceptors (Lipinski definition) is 7. The van der Waals surface area contributed by atoms with Crippen LogP contribution in [-0.2, 0) is 30.8 Å². The SMILES string of the molecule is CCOC(=O)CCCC(=O)N1CCN(c2cc(S(=O)(=O)N3CCC(Cc4ccccc4)CC3)ccc2OC)CC1. The van der Waals surface area contributed by atoms with Crippen molar-refractivity contribution in [3.63, 3.8) is 0 Å². The maximum absolute atomic E-state index is 13.6. The van der Waals surface area contributed by atoms with E-state index in [2.05, 4.69) is 17.0 Å². The Morgan fingerprint density at radius 2 is 1.62 bits per heavy atom. The molecule has 2 aliphatic rings. The number of hydrogen-bond donors (Lipinski definition) is 0. The third kappa shape index (κ3) is 7.54.